The van der Waals surface area contributed by atoms with E-state index in [0.29, 0.717) is 11.3 Å². The summed E-state index contributed by atoms with van der Waals surface area (Å²) in [5.41, 5.74) is 5.14. The molecule has 2 saturated carbocycles. The molecule has 2 fully saturated rings. The van der Waals surface area contributed by atoms with E-state index in [1.54, 1.807) is 11.1 Å². The Labute approximate surface area is 182 Å². The first kappa shape index (κ1) is 19.9. The van der Waals surface area contributed by atoms with Gasteiger partial charge in [0.05, 0.1) is 6.10 Å². The summed E-state index contributed by atoms with van der Waals surface area (Å²) in [7, 11) is 0. The molecule has 0 aromatic heterocycles. The maximum atomic E-state index is 10.3. The second-order valence-corrected chi connectivity index (χ2v) is 11.4. The van der Waals surface area contributed by atoms with Crippen LogP contribution in [0, 0.1) is 34.5 Å². The maximum Gasteiger partial charge on any atom is 0.0577 e. The Hall–Kier alpha value is -0.990. The quantitative estimate of drug-likeness (QED) is 0.403. The predicted octanol–water partition coefficient (Wildman–Crippen LogP) is 6.74. The van der Waals surface area contributed by atoms with Crippen LogP contribution in [0.3, 0.4) is 0 Å². The van der Waals surface area contributed by atoms with Crippen molar-refractivity contribution >= 4 is 17.1 Å². The van der Waals surface area contributed by atoms with Crippen molar-refractivity contribution < 1.29 is 5.11 Å². The van der Waals surface area contributed by atoms with Gasteiger partial charge in [0.15, 0.2) is 0 Å². The van der Waals surface area contributed by atoms with Gasteiger partial charge in [-0.15, -0.1) is 0 Å². The molecule has 0 spiro atoms. The van der Waals surface area contributed by atoms with Crippen LogP contribution in [0.15, 0.2) is 47.1 Å². The third-order valence-corrected chi connectivity index (χ3v) is 9.83. The molecule has 0 aromatic carbocycles. The van der Waals surface area contributed by atoms with Gasteiger partial charge in [-0.3, -0.25) is 0 Å². The Morgan fingerprint density at radius 2 is 1.93 bits per heavy atom. The zero-order valence-electron chi connectivity index (χ0n) is 18.3. The van der Waals surface area contributed by atoms with Gasteiger partial charge in [0.1, 0.15) is 0 Å². The van der Waals surface area contributed by atoms with Crippen LogP contribution < -0.4 is 0 Å². The lowest BCUT2D eigenvalue weighted by molar-refractivity contribution is -0.0510. The minimum Gasteiger partial charge on any atom is -0.393 e. The molecule has 0 bridgehead atoms. The fourth-order valence-corrected chi connectivity index (χ4v) is 8.19. The third kappa shape index (κ3) is 2.92. The summed E-state index contributed by atoms with van der Waals surface area (Å²) in [6, 6.07) is 0. The molecule has 0 heterocycles. The standard InChI is InChI=1S/C27H36OS/c1-4-17-14-19-16-20(28)10-12-26(19,2)24-11-13-27(3)22(8-9-23(27)25(17)24)18-6-5-7-21(29)15-18/h5-6,8,14-15,17,20,23-25,28H,4,7,9-13,16H2,1-3H3/t17-,20+,23-,24-,25-,26-,27+/m0/s1. The van der Waals surface area contributed by atoms with E-state index in [9.17, 15) is 5.11 Å². The molecule has 1 N–H and O–H groups in total. The second kappa shape index (κ2) is 7.02. The lowest BCUT2D eigenvalue weighted by Gasteiger charge is -2.60. The first-order valence-corrected chi connectivity index (χ1v) is 12.3. The van der Waals surface area contributed by atoms with Crippen LogP contribution in [0.4, 0.5) is 0 Å². The molecule has 5 rings (SSSR count). The molecule has 5 aliphatic rings. The predicted molar refractivity (Wildman–Crippen MR) is 125 cm³/mol. The Morgan fingerprint density at radius 1 is 1.14 bits per heavy atom. The van der Waals surface area contributed by atoms with E-state index < -0.39 is 0 Å². The maximum absolute atomic E-state index is 10.3. The average Bonchev–Trinajstić information content (AvgIpc) is 3.05. The highest BCUT2D eigenvalue weighted by molar-refractivity contribution is 7.80. The van der Waals surface area contributed by atoms with Crippen molar-refractivity contribution in [3.8, 4) is 0 Å². The van der Waals surface area contributed by atoms with E-state index >= 15 is 0 Å². The molecule has 0 radical (unpaired) electrons. The van der Waals surface area contributed by atoms with Crippen LogP contribution >= 0.6 is 12.2 Å². The minimum atomic E-state index is -0.120. The number of allylic oxidation sites excluding steroid dienone is 7. The average molecular weight is 409 g/mol. The summed E-state index contributed by atoms with van der Waals surface area (Å²) in [6.45, 7) is 7.46. The summed E-state index contributed by atoms with van der Waals surface area (Å²) >= 11 is 5.54. The fraction of sp³-hybridized carbons (Fsp3) is 0.667. The summed E-state index contributed by atoms with van der Waals surface area (Å²) in [4.78, 5) is 1.08. The molecule has 29 heavy (non-hydrogen) atoms. The van der Waals surface area contributed by atoms with Gasteiger partial charge in [-0.25, -0.2) is 0 Å². The highest BCUT2D eigenvalue weighted by Gasteiger charge is 2.58. The topological polar surface area (TPSA) is 20.2 Å². The van der Waals surface area contributed by atoms with E-state index in [0.717, 1.165) is 41.9 Å². The summed E-state index contributed by atoms with van der Waals surface area (Å²) in [6.07, 6.45) is 21.0. The highest BCUT2D eigenvalue weighted by atomic mass is 32.1. The summed E-state index contributed by atoms with van der Waals surface area (Å²) in [5.74, 6) is 2.97. The number of aliphatic hydroxyl groups is 1. The largest absolute Gasteiger partial charge is 0.393 e. The molecule has 0 saturated heterocycles. The van der Waals surface area contributed by atoms with E-state index in [1.807, 2.05) is 0 Å². The van der Waals surface area contributed by atoms with Gasteiger partial charge in [0.2, 0.25) is 0 Å². The monoisotopic (exact) mass is 408 g/mol. The fourth-order valence-electron chi connectivity index (χ4n) is 7.96. The van der Waals surface area contributed by atoms with Crippen molar-refractivity contribution in [3.05, 3.63) is 47.1 Å². The van der Waals surface area contributed by atoms with Crippen molar-refractivity contribution in [1.29, 1.82) is 0 Å². The van der Waals surface area contributed by atoms with Crippen LogP contribution in [0.2, 0.25) is 0 Å². The van der Waals surface area contributed by atoms with Gasteiger partial charge in [0.25, 0.3) is 0 Å². The lowest BCUT2D eigenvalue weighted by atomic mass is 9.45. The molecule has 7 atom stereocenters. The Bertz CT molecular complexity index is 845. The van der Waals surface area contributed by atoms with Crippen molar-refractivity contribution in [2.75, 3.05) is 0 Å². The molecular weight excluding hydrogens is 372 g/mol. The molecule has 2 heteroatoms. The highest BCUT2D eigenvalue weighted by Crippen LogP contribution is 2.67. The van der Waals surface area contributed by atoms with Crippen LogP contribution in [0.1, 0.15) is 72.1 Å². The number of thiocarbonyl (C=S) groups is 1. The minimum absolute atomic E-state index is 0.120. The zero-order chi connectivity index (χ0) is 20.4. The van der Waals surface area contributed by atoms with Gasteiger partial charge >= 0.3 is 0 Å². The molecule has 156 valence electrons. The molecule has 5 aliphatic carbocycles. The second-order valence-electron chi connectivity index (χ2n) is 10.9. The number of aliphatic hydroxyl groups excluding tert-OH is 1. The molecular formula is C27H36OS. The van der Waals surface area contributed by atoms with Crippen LogP contribution in [-0.4, -0.2) is 16.1 Å². The Balaban J connectivity index is 1.52. The van der Waals surface area contributed by atoms with Crippen LogP contribution in [-0.2, 0) is 0 Å². The van der Waals surface area contributed by atoms with Gasteiger partial charge < -0.3 is 5.11 Å². The number of hydrogen-bond donors (Lipinski definition) is 1. The SMILES string of the molecule is CC[C@H]1C=C2C[C@H](O)CC[C@]2(C)[C@H]2CC[C@]3(C)C(C4=CC(=S)CC=C4)=CC[C@H]3[C@H]12. The van der Waals surface area contributed by atoms with Crippen molar-refractivity contribution in [2.45, 2.75) is 78.2 Å². The van der Waals surface area contributed by atoms with E-state index in [2.05, 4.69) is 51.2 Å². The normalized spacial score (nSPS) is 46.3. The first-order valence-electron chi connectivity index (χ1n) is 11.9. The van der Waals surface area contributed by atoms with Gasteiger partial charge in [-0.05, 0) is 96.7 Å². The van der Waals surface area contributed by atoms with E-state index in [-0.39, 0.29) is 11.5 Å². The Kier molecular flexibility index (Phi) is 4.83. The van der Waals surface area contributed by atoms with E-state index in [4.69, 9.17) is 12.2 Å². The third-order valence-electron chi connectivity index (χ3n) is 9.54. The van der Waals surface area contributed by atoms with Crippen molar-refractivity contribution in [1.82, 2.24) is 0 Å². The molecule has 0 aliphatic heterocycles. The van der Waals surface area contributed by atoms with Crippen molar-refractivity contribution in [2.24, 2.45) is 34.5 Å². The summed E-state index contributed by atoms with van der Waals surface area (Å²) < 4.78 is 0. The number of fused-ring (bicyclic) bond motifs is 5. The smallest absolute Gasteiger partial charge is 0.0577 e. The van der Waals surface area contributed by atoms with Crippen LogP contribution in [0.5, 0.6) is 0 Å². The van der Waals surface area contributed by atoms with Crippen LogP contribution in [0.25, 0.3) is 0 Å². The number of rotatable bonds is 2. The summed E-state index contributed by atoms with van der Waals surface area (Å²) in [5, 5.41) is 10.3. The van der Waals surface area contributed by atoms with E-state index in [1.165, 1.54) is 37.7 Å². The Morgan fingerprint density at radius 3 is 2.69 bits per heavy atom. The molecule has 0 aromatic rings. The molecule has 0 amide bonds. The molecule has 0 unspecified atom stereocenters. The number of hydrogen-bond acceptors (Lipinski definition) is 2. The van der Waals surface area contributed by atoms with Gasteiger partial charge in [-0.1, -0.05) is 62.9 Å². The van der Waals surface area contributed by atoms with Crippen molar-refractivity contribution in [3.63, 3.8) is 0 Å². The zero-order valence-corrected chi connectivity index (χ0v) is 19.1. The van der Waals surface area contributed by atoms with Gasteiger partial charge in [-0.2, -0.15) is 0 Å². The molecule has 1 nitrogen and oxygen atoms in total. The lowest BCUT2D eigenvalue weighted by Crippen LogP contribution is -2.52. The van der Waals surface area contributed by atoms with Gasteiger partial charge in [0, 0.05) is 11.3 Å². The first-order chi connectivity index (χ1) is 13.9.